The molecule has 2 N–H and O–H groups in total. The highest BCUT2D eigenvalue weighted by Gasteiger charge is 2.02. The molecule has 0 aliphatic rings. The minimum Gasteiger partial charge on any atom is -0.385 e. The molecule has 2 aromatic rings. The van der Waals surface area contributed by atoms with E-state index in [2.05, 4.69) is 20.8 Å². The summed E-state index contributed by atoms with van der Waals surface area (Å²) in [5.41, 5.74) is 4.96. The molecule has 5 nitrogen and oxygen atoms in total. The van der Waals surface area contributed by atoms with Gasteiger partial charge < -0.3 is 5.32 Å². The van der Waals surface area contributed by atoms with E-state index in [9.17, 15) is 4.79 Å². The van der Waals surface area contributed by atoms with E-state index in [0.29, 0.717) is 30.1 Å². The molecule has 1 amide bonds. The number of amides is 1. The second-order valence-corrected chi connectivity index (χ2v) is 5.42. The minimum absolute atomic E-state index is 0.113. The third-order valence-electron chi connectivity index (χ3n) is 3.14. The third-order valence-corrected chi connectivity index (χ3v) is 3.39. The maximum absolute atomic E-state index is 11.8. The van der Waals surface area contributed by atoms with Crippen LogP contribution in [0.4, 0.5) is 5.69 Å². The van der Waals surface area contributed by atoms with Crippen molar-refractivity contribution in [1.82, 2.24) is 10.4 Å². The van der Waals surface area contributed by atoms with Crippen molar-refractivity contribution in [2.75, 3.05) is 11.9 Å². The molecule has 0 unspecified atom stereocenters. The molecule has 6 heteroatoms. The van der Waals surface area contributed by atoms with Crippen LogP contribution in [-0.2, 0) is 4.79 Å². The Bertz CT molecular complexity index is 656. The summed E-state index contributed by atoms with van der Waals surface area (Å²) in [5, 5.41) is 8.00. The van der Waals surface area contributed by atoms with Gasteiger partial charge in [-0.1, -0.05) is 17.7 Å². The molecule has 0 radical (unpaired) electrons. The average molecular weight is 331 g/mol. The summed E-state index contributed by atoms with van der Waals surface area (Å²) in [4.78, 5) is 15.9. The first-order valence-corrected chi connectivity index (χ1v) is 7.77. The summed E-state index contributed by atoms with van der Waals surface area (Å²) >= 11 is 5.82. The van der Waals surface area contributed by atoms with Gasteiger partial charge in [-0.15, -0.1) is 0 Å². The number of rotatable bonds is 7. The van der Waals surface area contributed by atoms with Crippen molar-refractivity contribution in [1.29, 1.82) is 0 Å². The molecular weight excluding hydrogens is 312 g/mol. The molecule has 1 aromatic carbocycles. The zero-order valence-electron chi connectivity index (χ0n) is 12.9. The van der Waals surface area contributed by atoms with Crippen molar-refractivity contribution in [2.24, 2.45) is 5.10 Å². The summed E-state index contributed by atoms with van der Waals surface area (Å²) in [5.74, 6) is -0.113. The average Bonchev–Trinajstić information content (AvgIpc) is 2.59. The number of hydrogen-bond acceptors (Lipinski definition) is 4. The van der Waals surface area contributed by atoms with Crippen molar-refractivity contribution in [3.63, 3.8) is 0 Å². The van der Waals surface area contributed by atoms with Crippen molar-refractivity contribution in [3.8, 4) is 0 Å². The number of nitrogens with one attached hydrogen (secondary N) is 2. The van der Waals surface area contributed by atoms with E-state index in [1.165, 1.54) is 0 Å². The molecule has 1 aromatic heterocycles. The lowest BCUT2D eigenvalue weighted by Crippen LogP contribution is -2.20. The van der Waals surface area contributed by atoms with Crippen LogP contribution in [0.15, 0.2) is 53.8 Å². The number of carbonyl (C=O) groups excluding carboxylic acids is 1. The van der Waals surface area contributed by atoms with Gasteiger partial charge in [-0.25, -0.2) is 5.43 Å². The van der Waals surface area contributed by atoms with E-state index >= 15 is 0 Å². The van der Waals surface area contributed by atoms with Gasteiger partial charge in [-0.05, 0) is 49.7 Å². The Morgan fingerprint density at radius 2 is 2.00 bits per heavy atom. The predicted octanol–water partition coefficient (Wildman–Crippen LogP) is 3.47. The Hall–Kier alpha value is -2.40. The van der Waals surface area contributed by atoms with Gasteiger partial charge in [0.05, 0.1) is 11.4 Å². The largest absolute Gasteiger partial charge is 0.385 e. The molecule has 0 fully saturated rings. The Balaban J connectivity index is 1.68. The molecule has 0 aliphatic carbocycles. The van der Waals surface area contributed by atoms with Crippen LogP contribution < -0.4 is 10.7 Å². The maximum Gasteiger partial charge on any atom is 0.240 e. The van der Waals surface area contributed by atoms with Crippen molar-refractivity contribution < 1.29 is 4.79 Å². The molecule has 120 valence electrons. The second-order valence-electron chi connectivity index (χ2n) is 4.98. The quantitative estimate of drug-likeness (QED) is 0.464. The molecule has 2 rings (SSSR count). The first-order chi connectivity index (χ1) is 11.1. The summed E-state index contributed by atoms with van der Waals surface area (Å²) in [6.07, 6.45) is 2.81. The second kappa shape index (κ2) is 8.90. The van der Waals surface area contributed by atoms with Crippen molar-refractivity contribution in [3.05, 3.63) is 59.4 Å². The van der Waals surface area contributed by atoms with Crippen LogP contribution in [-0.4, -0.2) is 23.1 Å². The van der Waals surface area contributed by atoms with Gasteiger partial charge in [0.1, 0.15) is 0 Å². The van der Waals surface area contributed by atoms with Gasteiger partial charge >= 0.3 is 0 Å². The first-order valence-electron chi connectivity index (χ1n) is 7.39. The van der Waals surface area contributed by atoms with Crippen LogP contribution in [0.2, 0.25) is 5.02 Å². The fraction of sp³-hybridized carbons (Fsp3) is 0.235. The third kappa shape index (κ3) is 6.08. The summed E-state index contributed by atoms with van der Waals surface area (Å²) < 4.78 is 0. The molecule has 1 heterocycles. The topological polar surface area (TPSA) is 66.4 Å². The number of nitrogens with zero attached hydrogens (tertiary/aromatic N) is 2. The Morgan fingerprint density at radius 1 is 1.22 bits per heavy atom. The van der Waals surface area contributed by atoms with Gasteiger partial charge in [0.25, 0.3) is 0 Å². The SMILES string of the molecule is C/C(=N\NC(=O)CCCNc1ccc(Cl)cc1)c1ccccn1. The number of anilines is 1. The molecule has 0 atom stereocenters. The van der Waals surface area contributed by atoms with Gasteiger partial charge in [0.15, 0.2) is 0 Å². The number of hydrogen-bond donors (Lipinski definition) is 2. The van der Waals surface area contributed by atoms with E-state index in [0.717, 1.165) is 11.4 Å². The summed E-state index contributed by atoms with van der Waals surface area (Å²) in [7, 11) is 0. The first kappa shape index (κ1) is 17.0. The van der Waals surface area contributed by atoms with Gasteiger partial charge in [0, 0.05) is 29.9 Å². The monoisotopic (exact) mass is 330 g/mol. The molecule has 0 saturated carbocycles. The molecular formula is C17H19ClN4O. The van der Waals surface area contributed by atoms with Gasteiger partial charge in [-0.2, -0.15) is 5.10 Å². The minimum atomic E-state index is -0.113. The molecule has 0 aliphatic heterocycles. The van der Waals surface area contributed by atoms with Crippen LogP contribution in [0, 0.1) is 0 Å². The smallest absolute Gasteiger partial charge is 0.240 e. The molecule has 0 spiro atoms. The van der Waals surface area contributed by atoms with Gasteiger partial charge in [0.2, 0.25) is 5.91 Å². The molecule has 0 bridgehead atoms. The van der Waals surface area contributed by atoms with Crippen molar-refractivity contribution >= 4 is 28.9 Å². The predicted molar refractivity (Wildman–Crippen MR) is 93.8 cm³/mol. The van der Waals surface area contributed by atoms with Gasteiger partial charge in [-0.3, -0.25) is 9.78 Å². The van der Waals surface area contributed by atoms with Crippen LogP contribution in [0.25, 0.3) is 0 Å². The Kier molecular flexibility index (Phi) is 6.56. The van der Waals surface area contributed by atoms with Crippen LogP contribution in [0.1, 0.15) is 25.5 Å². The summed E-state index contributed by atoms with van der Waals surface area (Å²) in [6, 6.07) is 13.0. The van der Waals surface area contributed by atoms with Crippen LogP contribution >= 0.6 is 11.6 Å². The highest BCUT2D eigenvalue weighted by atomic mass is 35.5. The van der Waals surface area contributed by atoms with E-state index in [1.807, 2.05) is 49.4 Å². The number of benzene rings is 1. The zero-order chi connectivity index (χ0) is 16.5. The number of pyridine rings is 1. The lowest BCUT2D eigenvalue weighted by Gasteiger charge is -2.06. The highest BCUT2D eigenvalue weighted by molar-refractivity contribution is 6.30. The van der Waals surface area contributed by atoms with Crippen LogP contribution in [0.3, 0.4) is 0 Å². The summed E-state index contributed by atoms with van der Waals surface area (Å²) in [6.45, 7) is 2.52. The number of hydrazone groups is 1. The maximum atomic E-state index is 11.8. The Morgan fingerprint density at radius 3 is 2.70 bits per heavy atom. The molecule has 23 heavy (non-hydrogen) atoms. The standard InChI is InChI=1S/C17H19ClN4O/c1-13(16-5-2-3-11-20-16)21-22-17(23)6-4-12-19-15-9-7-14(18)8-10-15/h2-3,5,7-11,19H,4,6,12H2,1H3,(H,22,23)/b21-13+. The van der Waals surface area contributed by atoms with E-state index in [-0.39, 0.29) is 5.91 Å². The number of aromatic nitrogens is 1. The fourth-order valence-corrected chi connectivity index (χ4v) is 2.01. The number of carbonyl (C=O) groups is 1. The lowest BCUT2D eigenvalue weighted by molar-refractivity contribution is -0.121. The van der Waals surface area contributed by atoms with Crippen LogP contribution in [0.5, 0.6) is 0 Å². The Labute approximate surface area is 140 Å². The lowest BCUT2D eigenvalue weighted by atomic mass is 10.2. The zero-order valence-corrected chi connectivity index (χ0v) is 13.7. The fourth-order valence-electron chi connectivity index (χ4n) is 1.89. The molecule has 0 saturated heterocycles. The number of halogens is 1. The normalized spacial score (nSPS) is 11.1. The van der Waals surface area contributed by atoms with E-state index in [1.54, 1.807) is 6.20 Å². The van der Waals surface area contributed by atoms with Crippen molar-refractivity contribution in [2.45, 2.75) is 19.8 Å². The van der Waals surface area contributed by atoms with E-state index < -0.39 is 0 Å². The highest BCUT2D eigenvalue weighted by Crippen LogP contribution is 2.13. The van der Waals surface area contributed by atoms with E-state index in [4.69, 9.17) is 11.6 Å².